The summed E-state index contributed by atoms with van der Waals surface area (Å²) < 4.78 is 41.5. The van der Waals surface area contributed by atoms with Gasteiger partial charge in [0.1, 0.15) is 24.0 Å². The van der Waals surface area contributed by atoms with Gasteiger partial charge in [-0.25, -0.2) is 26.7 Å². The number of aromatic nitrogens is 3. The van der Waals surface area contributed by atoms with Crippen molar-refractivity contribution in [1.82, 2.24) is 18.8 Å². The summed E-state index contributed by atoms with van der Waals surface area (Å²) in [7, 11) is -3.84. The number of anilines is 2. The number of carbonyl (C=O) groups is 1. The maximum atomic E-state index is 13.8. The van der Waals surface area contributed by atoms with E-state index in [1.807, 2.05) is 11.8 Å². The number of halogens is 2. The van der Waals surface area contributed by atoms with Crippen molar-refractivity contribution in [2.75, 3.05) is 17.2 Å². The zero-order valence-corrected chi connectivity index (χ0v) is 22.6. The van der Waals surface area contributed by atoms with Crippen molar-refractivity contribution in [3.05, 3.63) is 77.5 Å². The Morgan fingerprint density at radius 1 is 1.05 bits per heavy atom. The van der Waals surface area contributed by atoms with Crippen LogP contribution in [-0.2, 0) is 14.8 Å². The van der Waals surface area contributed by atoms with Crippen LogP contribution in [0.3, 0.4) is 0 Å². The minimum atomic E-state index is -3.84. The van der Waals surface area contributed by atoms with E-state index in [4.69, 9.17) is 11.6 Å². The molecule has 2 N–H and O–H groups in total. The standard InChI is InChI=1S/C27H26ClFN6O3S/c1-16-2-6-22(7-3-16)39(37,38)35-9-8-23-25(30-15-31-26(23)35)33-19-4-5-21-13-24(27(36)34(21)14-19)32-20-11-17(28)10-18(29)12-20/h2-3,6-12,15,19,21,24,32H,4-5,13-14H2,1H3,(H,30,31,33)/t19-,21-,24+/m1/s1. The lowest BCUT2D eigenvalue weighted by atomic mass is 9.98. The van der Waals surface area contributed by atoms with Gasteiger partial charge in [0.05, 0.1) is 10.3 Å². The normalized spacial score (nSPS) is 21.3. The highest BCUT2D eigenvalue weighted by molar-refractivity contribution is 7.90. The Hall–Kier alpha value is -3.70. The van der Waals surface area contributed by atoms with Crippen molar-refractivity contribution in [1.29, 1.82) is 0 Å². The number of rotatable bonds is 6. The summed E-state index contributed by atoms with van der Waals surface area (Å²) in [5, 5.41) is 7.38. The Kier molecular flexibility index (Phi) is 6.43. The van der Waals surface area contributed by atoms with Gasteiger partial charge in [-0.15, -0.1) is 0 Å². The van der Waals surface area contributed by atoms with Crippen LogP contribution in [-0.4, -0.2) is 57.8 Å². The molecule has 0 saturated carbocycles. The second kappa shape index (κ2) is 9.80. The number of hydrogen-bond donors (Lipinski definition) is 2. The summed E-state index contributed by atoms with van der Waals surface area (Å²) >= 11 is 5.97. The minimum absolute atomic E-state index is 0.0462. The molecule has 0 spiro atoms. The molecule has 9 nitrogen and oxygen atoms in total. The second-order valence-corrected chi connectivity index (χ2v) is 12.3. The Morgan fingerprint density at radius 3 is 2.62 bits per heavy atom. The number of fused-ring (bicyclic) bond motifs is 2. The number of hydrogen-bond acceptors (Lipinski definition) is 7. The smallest absolute Gasteiger partial charge is 0.269 e. The highest BCUT2D eigenvalue weighted by Gasteiger charge is 2.43. The number of benzene rings is 2. The number of nitrogens with one attached hydrogen (secondary N) is 2. The van der Waals surface area contributed by atoms with Gasteiger partial charge in [0.25, 0.3) is 10.0 Å². The molecular formula is C27H26ClFN6O3S. The van der Waals surface area contributed by atoms with Gasteiger partial charge in [-0.3, -0.25) is 4.79 Å². The van der Waals surface area contributed by atoms with Crippen LogP contribution in [0.1, 0.15) is 24.8 Å². The van der Waals surface area contributed by atoms with Crippen LogP contribution in [0.4, 0.5) is 15.9 Å². The maximum absolute atomic E-state index is 13.8. The molecule has 12 heteroatoms. The Bertz CT molecular complexity index is 1660. The van der Waals surface area contributed by atoms with Gasteiger partial charge in [-0.2, -0.15) is 0 Å². The van der Waals surface area contributed by atoms with Crippen molar-refractivity contribution in [2.24, 2.45) is 0 Å². The molecule has 39 heavy (non-hydrogen) atoms. The minimum Gasteiger partial charge on any atom is -0.373 e. The number of nitrogens with zero attached hydrogens (tertiary/aromatic N) is 4. The molecule has 3 atom stereocenters. The van der Waals surface area contributed by atoms with E-state index < -0.39 is 21.9 Å². The number of aryl methyl sites for hydroxylation is 1. The highest BCUT2D eigenvalue weighted by Crippen LogP contribution is 2.33. The lowest BCUT2D eigenvalue weighted by molar-refractivity contribution is -0.130. The molecule has 4 aromatic rings. The van der Waals surface area contributed by atoms with Crippen LogP contribution < -0.4 is 10.6 Å². The van der Waals surface area contributed by atoms with Crippen molar-refractivity contribution in [2.45, 2.75) is 49.2 Å². The molecule has 2 aromatic carbocycles. The third-order valence-electron chi connectivity index (χ3n) is 7.37. The molecule has 0 bridgehead atoms. The predicted octanol–water partition coefficient (Wildman–Crippen LogP) is 4.43. The summed E-state index contributed by atoms with van der Waals surface area (Å²) in [4.78, 5) is 23.9. The monoisotopic (exact) mass is 568 g/mol. The summed E-state index contributed by atoms with van der Waals surface area (Å²) in [6, 6.07) is 12.0. The quantitative estimate of drug-likeness (QED) is 0.354. The fourth-order valence-electron chi connectivity index (χ4n) is 5.45. The molecule has 2 saturated heterocycles. The molecule has 2 fully saturated rings. The van der Waals surface area contributed by atoms with Crippen LogP contribution in [0.15, 0.2) is 66.0 Å². The van der Waals surface area contributed by atoms with Gasteiger partial charge in [0.15, 0.2) is 5.65 Å². The van der Waals surface area contributed by atoms with Crippen LogP contribution in [0.5, 0.6) is 0 Å². The Morgan fingerprint density at radius 2 is 1.85 bits per heavy atom. The van der Waals surface area contributed by atoms with E-state index >= 15 is 0 Å². The molecule has 2 aliphatic rings. The van der Waals surface area contributed by atoms with E-state index in [0.717, 1.165) is 22.4 Å². The molecule has 0 radical (unpaired) electrons. The van der Waals surface area contributed by atoms with Gasteiger partial charge >= 0.3 is 0 Å². The summed E-state index contributed by atoms with van der Waals surface area (Å²) in [5.74, 6) is 0.00110. The molecular weight excluding hydrogens is 543 g/mol. The van der Waals surface area contributed by atoms with Gasteiger partial charge < -0.3 is 15.5 Å². The van der Waals surface area contributed by atoms with Crippen LogP contribution >= 0.6 is 11.6 Å². The average molecular weight is 569 g/mol. The topological polar surface area (TPSA) is 109 Å². The largest absolute Gasteiger partial charge is 0.373 e. The molecule has 202 valence electrons. The van der Waals surface area contributed by atoms with E-state index in [2.05, 4.69) is 20.6 Å². The van der Waals surface area contributed by atoms with E-state index in [0.29, 0.717) is 29.9 Å². The fourth-order valence-corrected chi connectivity index (χ4v) is 6.97. The van der Waals surface area contributed by atoms with Crippen molar-refractivity contribution < 1.29 is 17.6 Å². The lowest BCUT2D eigenvalue weighted by Crippen LogP contribution is -2.47. The number of piperidine rings is 1. The van der Waals surface area contributed by atoms with E-state index in [1.165, 1.54) is 24.7 Å². The third kappa shape index (κ3) is 4.80. The zero-order valence-electron chi connectivity index (χ0n) is 21.0. The lowest BCUT2D eigenvalue weighted by Gasteiger charge is -2.35. The molecule has 4 heterocycles. The van der Waals surface area contributed by atoms with Crippen LogP contribution in [0.2, 0.25) is 5.02 Å². The van der Waals surface area contributed by atoms with Crippen molar-refractivity contribution in [3.8, 4) is 0 Å². The van der Waals surface area contributed by atoms with Gasteiger partial charge in [0.2, 0.25) is 5.91 Å². The first-order valence-electron chi connectivity index (χ1n) is 12.6. The van der Waals surface area contributed by atoms with E-state index in [-0.39, 0.29) is 33.6 Å². The van der Waals surface area contributed by atoms with Crippen molar-refractivity contribution >= 4 is 50.1 Å². The molecule has 2 aliphatic heterocycles. The Balaban J connectivity index is 1.19. The number of carbonyl (C=O) groups excluding carboxylic acids is 1. The van der Waals surface area contributed by atoms with Crippen LogP contribution in [0, 0.1) is 12.7 Å². The molecule has 2 aromatic heterocycles. The van der Waals surface area contributed by atoms with E-state index in [9.17, 15) is 17.6 Å². The summed E-state index contributed by atoms with van der Waals surface area (Å²) in [6.07, 6.45) is 5.04. The number of amides is 1. The Labute approximate surface area is 230 Å². The second-order valence-electron chi connectivity index (χ2n) is 10.0. The van der Waals surface area contributed by atoms with Gasteiger partial charge in [-0.1, -0.05) is 29.3 Å². The maximum Gasteiger partial charge on any atom is 0.269 e. The SMILES string of the molecule is Cc1ccc(S(=O)(=O)n2ccc3c(N[C@@H]4CC[C@@H]5C[C@H](Nc6cc(F)cc(Cl)c6)C(=O)N5C4)ncnc32)cc1. The third-order valence-corrected chi connectivity index (χ3v) is 9.26. The van der Waals surface area contributed by atoms with Crippen molar-refractivity contribution in [3.63, 3.8) is 0 Å². The summed E-state index contributed by atoms with van der Waals surface area (Å²) in [6.45, 7) is 2.37. The fraction of sp³-hybridized carbons (Fsp3) is 0.296. The predicted molar refractivity (Wildman–Crippen MR) is 147 cm³/mol. The summed E-state index contributed by atoms with van der Waals surface area (Å²) in [5.41, 5.74) is 1.71. The van der Waals surface area contributed by atoms with Gasteiger partial charge in [0, 0.05) is 35.5 Å². The molecule has 1 amide bonds. The first kappa shape index (κ1) is 25.6. The first-order chi connectivity index (χ1) is 18.7. The first-order valence-corrected chi connectivity index (χ1v) is 14.4. The van der Waals surface area contributed by atoms with E-state index in [1.54, 1.807) is 36.4 Å². The van der Waals surface area contributed by atoms with Gasteiger partial charge in [-0.05, 0) is 62.6 Å². The highest BCUT2D eigenvalue weighted by atomic mass is 35.5. The zero-order chi connectivity index (χ0) is 27.3. The van der Waals surface area contributed by atoms with Crippen LogP contribution in [0.25, 0.3) is 11.0 Å². The molecule has 0 aliphatic carbocycles. The average Bonchev–Trinajstić information content (AvgIpc) is 3.46. The molecule has 0 unspecified atom stereocenters. The molecule has 6 rings (SSSR count).